The van der Waals surface area contributed by atoms with Gasteiger partial charge in [0.05, 0.1) is 5.54 Å². The SMILES string of the molecule is CN(C)S(=O)(=O)N1C[C@@H](c2ccccc2)[C@@]2(CCCC(=O)N2)C1. The van der Waals surface area contributed by atoms with E-state index in [1.165, 1.54) is 22.7 Å². The van der Waals surface area contributed by atoms with Gasteiger partial charge in [-0.25, -0.2) is 0 Å². The maximum absolute atomic E-state index is 12.6. The number of amides is 1. The van der Waals surface area contributed by atoms with Crippen LogP contribution in [0.4, 0.5) is 0 Å². The Morgan fingerprint density at radius 3 is 2.57 bits per heavy atom. The van der Waals surface area contributed by atoms with Gasteiger partial charge in [0.2, 0.25) is 5.91 Å². The average molecular weight is 337 g/mol. The van der Waals surface area contributed by atoms with E-state index in [9.17, 15) is 13.2 Å². The predicted octanol–water partition coefficient (Wildman–Crippen LogP) is 0.931. The molecule has 6 nitrogen and oxygen atoms in total. The van der Waals surface area contributed by atoms with E-state index in [4.69, 9.17) is 0 Å². The van der Waals surface area contributed by atoms with E-state index < -0.39 is 15.7 Å². The Hall–Kier alpha value is -1.44. The maximum Gasteiger partial charge on any atom is 0.281 e. The second-order valence-electron chi connectivity index (χ2n) is 6.60. The summed E-state index contributed by atoms with van der Waals surface area (Å²) in [5, 5.41) is 3.12. The van der Waals surface area contributed by atoms with Crippen LogP contribution >= 0.6 is 0 Å². The monoisotopic (exact) mass is 337 g/mol. The van der Waals surface area contributed by atoms with Crippen molar-refractivity contribution in [2.45, 2.75) is 30.7 Å². The van der Waals surface area contributed by atoms with Crippen LogP contribution in [-0.4, -0.2) is 55.7 Å². The van der Waals surface area contributed by atoms with Crippen molar-refractivity contribution >= 4 is 16.1 Å². The van der Waals surface area contributed by atoms with E-state index in [1.54, 1.807) is 0 Å². The minimum absolute atomic E-state index is 0.0151. The lowest BCUT2D eigenvalue weighted by molar-refractivity contribution is -0.125. The van der Waals surface area contributed by atoms with E-state index in [0.717, 1.165) is 18.4 Å². The zero-order valence-electron chi connectivity index (χ0n) is 13.5. The molecule has 3 rings (SSSR count). The molecule has 0 aromatic heterocycles. The quantitative estimate of drug-likeness (QED) is 0.892. The van der Waals surface area contributed by atoms with Crippen LogP contribution in [0.15, 0.2) is 30.3 Å². The summed E-state index contributed by atoms with van der Waals surface area (Å²) in [5.41, 5.74) is 0.575. The molecule has 2 heterocycles. The van der Waals surface area contributed by atoms with Crippen LogP contribution in [0.25, 0.3) is 0 Å². The third-order valence-electron chi connectivity index (χ3n) is 4.92. The Morgan fingerprint density at radius 1 is 1.26 bits per heavy atom. The molecular weight excluding hydrogens is 314 g/mol. The van der Waals surface area contributed by atoms with Crippen LogP contribution in [-0.2, 0) is 15.0 Å². The number of benzene rings is 1. The number of carbonyl (C=O) groups is 1. The van der Waals surface area contributed by atoms with E-state index in [2.05, 4.69) is 5.32 Å². The molecule has 1 N–H and O–H groups in total. The standard InChI is InChI=1S/C16H23N3O3S/c1-18(2)23(21,22)19-11-14(13-7-4-3-5-8-13)16(12-19)10-6-9-15(20)17-16/h3-5,7-8,14H,6,9-12H2,1-2H3,(H,17,20)/t14-,16+/m0/s1. The van der Waals surface area contributed by atoms with Crippen molar-refractivity contribution in [2.75, 3.05) is 27.2 Å². The molecule has 1 spiro atoms. The van der Waals surface area contributed by atoms with Gasteiger partial charge in [0.15, 0.2) is 0 Å². The van der Waals surface area contributed by atoms with Gasteiger partial charge in [0.25, 0.3) is 10.2 Å². The average Bonchev–Trinajstić information content (AvgIpc) is 2.87. The third-order valence-corrected chi connectivity index (χ3v) is 6.77. The Labute approximate surface area is 137 Å². The Kier molecular flexibility index (Phi) is 4.20. The van der Waals surface area contributed by atoms with Gasteiger partial charge in [-0.15, -0.1) is 0 Å². The van der Waals surface area contributed by atoms with Crippen LogP contribution in [0, 0.1) is 0 Å². The van der Waals surface area contributed by atoms with Gasteiger partial charge < -0.3 is 5.32 Å². The smallest absolute Gasteiger partial charge is 0.281 e. The molecule has 2 fully saturated rings. The molecule has 1 amide bonds. The molecule has 2 aliphatic rings. The highest BCUT2D eigenvalue weighted by Gasteiger charge is 2.52. The molecule has 0 radical (unpaired) electrons. The van der Waals surface area contributed by atoms with Gasteiger partial charge in [-0.05, 0) is 18.4 Å². The number of carbonyl (C=O) groups excluding carboxylic acids is 1. The van der Waals surface area contributed by atoms with E-state index in [0.29, 0.717) is 19.5 Å². The van der Waals surface area contributed by atoms with Crippen LogP contribution in [0.2, 0.25) is 0 Å². The van der Waals surface area contributed by atoms with Gasteiger partial charge in [-0.1, -0.05) is 30.3 Å². The first-order valence-corrected chi connectivity index (χ1v) is 9.28. The van der Waals surface area contributed by atoms with Crippen LogP contribution < -0.4 is 5.32 Å². The first-order chi connectivity index (χ1) is 10.8. The molecule has 0 unspecified atom stereocenters. The van der Waals surface area contributed by atoms with Crippen molar-refractivity contribution in [3.63, 3.8) is 0 Å². The van der Waals surface area contributed by atoms with Crippen molar-refractivity contribution in [1.29, 1.82) is 0 Å². The fourth-order valence-corrected chi connectivity index (χ4v) is 4.92. The molecular formula is C16H23N3O3S. The van der Waals surface area contributed by atoms with Gasteiger partial charge in [0.1, 0.15) is 0 Å². The Balaban J connectivity index is 1.99. The van der Waals surface area contributed by atoms with Crippen LogP contribution in [0.1, 0.15) is 30.7 Å². The molecule has 1 aromatic carbocycles. The highest BCUT2D eigenvalue weighted by Crippen LogP contribution is 2.42. The number of piperidine rings is 1. The molecule has 23 heavy (non-hydrogen) atoms. The molecule has 2 atom stereocenters. The summed E-state index contributed by atoms with van der Waals surface area (Å²) in [4.78, 5) is 12.0. The predicted molar refractivity (Wildman–Crippen MR) is 88.1 cm³/mol. The zero-order valence-corrected chi connectivity index (χ0v) is 14.3. The summed E-state index contributed by atoms with van der Waals surface area (Å²) >= 11 is 0. The summed E-state index contributed by atoms with van der Waals surface area (Å²) < 4.78 is 27.8. The highest BCUT2D eigenvalue weighted by atomic mass is 32.2. The third kappa shape index (κ3) is 2.88. The second kappa shape index (κ2) is 5.89. The van der Waals surface area contributed by atoms with Crippen molar-refractivity contribution in [3.05, 3.63) is 35.9 Å². The minimum Gasteiger partial charge on any atom is -0.349 e. The summed E-state index contributed by atoms with van der Waals surface area (Å²) in [6.45, 7) is 0.726. The van der Waals surface area contributed by atoms with E-state index in [1.807, 2.05) is 30.3 Å². The van der Waals surface area contributed by atoms with Gasteiger partial charge >= 0.3 is 0 Å². The summed E-state index contributed by atoms with van der Waals surface area (Å²) in [6.07, 6.45) is 2.12. The zero-order chi connectivity index (χ0) is 16.7. The number of nitrogens with zero attached hydrogens (tertiary/aromatic N) is 2. The maximum atomic E-state index is 12.6. The van der Waals surface area contributed by atoms with Crippen LogP contribution in [0.5, 0.6) is 0 Å². The topological polar surface area (TPSA) is 69.7 Å². The number of nitrogens with one attached hydrogen (secondary N) is 1. The van der Waals surface area contributed by atoms with Crippen molar-refractivity contribution in [2.24, 2.45) is 0 Å². The fourth-order valence-electron chi connectivity index (χ4n) is 3.73. The summed E-state index contributed by atoms with van der Waals surface area (Å²) in [6, 6.07) is 9.88. The van der Waals surface area contributed by atoms with Gasteiger partial charge in [0, 0.05) is 39.5 Å². The number of hydrogen-bond donors (Lipinski definition) is 1. The van der Waals surface area contributed by atoms with Gasteiger partial charge in [-0.3, -0.25) is 4.79 Å². The lowest BCUT2D eigenvalue weighted by Gasteiger charge is -2.39. The van der Waals surface area contributed by atoms with Crippen molar-refractivity contribution in [1.82, 2.24) is 13.9 Å². The first kappa shape index (κ1) is 16.4. The Morgan fingerprint density at radius 2 is 1.96 bits per heavy atom. The molecule has 0 aliphatic carbocycles. The lowest BCUT2D eigenvalue weighted by atomic mass is 9.76. The minimum atomic E-state index is -3.50. The molecule has 1 aromatic rings. The number of hydrogen-bond acceptors (Lipinski definition) is 3. The first-order valence-electron chi connectivity index (χ1n) is 7.89. The fraction of sp³-hybridized carbons (Fsp3) is 0.562. The lowest BCUT2D eigenvalue weighted by Crippen LogP contribution is -2.56. The van der Waals surface area contributed by atoms with E-state index >= 15 is 0 Å². The van der Waals surface area contributed by atoms with Gasteiger partial charge in [-0.2, -0.15) is 17.0 Å². The number of rotatable bonds is 3. The highest BCUT2D eigenvalue weighted by molar-refractivity contribution is 7.86. The molecule has 126 valence electrons. The van der Waals surface area contributed by atoms with E-state index in [-0.39, 0.29) is 11.8 Å². The van der Waals surface area contributed by atoms with Crippen molar-refractivity contribution < 1.29 is 13.2 Å². The van der Waals surface area contributed by atoms with Crippen molar-refractivity contribution in [3.8, 4) is 0 Å². The molecule has 7 heteroatoms. The van der Waals surface area contributed by atoms with Crippen LogP contribution in [0.3, 0.4) is 0 Å². The summed E-state index contributed by atoms with van der Waals surface area (Å²) in [7, 11) is -0.417. The molecule has 2 saturated heterocycles. The second-order valence-corrected chi connectivity index (χ2v) is 8.75. The summed E-state index contributed by atoms with van der Waals surface area (Å²) in [5.74, 6) is -0.0102. The molecule has 0 bridgehead atoms. The largest absolute Gasteiger partial charge is 0.349 e. The normalized spacial score (nSPS) is 29.2. The Bertz CT molecular complexity index is 690. The molecule has 0 saturated carbocycles. The molecule has 2 aliphatic heterocycles.